The van der Waals surface area contributed by atoms with Crippen molar-refractivity contribution in [3.63, 3.8) is 0 Å². The molecule has 0 bridgehead atoms. The number of imide groups is 1. The van der Waals surface area contributed by atoms with Gasteiger partial charge in [0.25, 0.3) is 0 Å². The fraction of sp³-hybridized carbons (Fsp3) is 0.500. The average molecular weight is 288 g/mol. The summed E-state index contributed by atoms with van der Waals surface area (Å²) in [6.07, 6.45) is 1.03. The first kappa shape index (κ1) is 14.2. The van der Waals surface area contributed by atoms with Gasteiger partial charge in [-0.3, -0.25) is 19.4 Å². The molecule has 5 heteroatoms. The van der Waals surface area contributed by atoms with Crippen LogP contribution in [0.25, 0.3) is 0 Å². The van der Waals surface area contributed by atoms with Crippen molar-refractivity contribution in [1.29, 1.82) is 0 Å². The summed E-state index contributed by atoms with van der Waals surface area (Å²) in [5.41, 5.74) is 1.15. The lowest BCUT2D eigenvalue weighted by Crippen LogP contribution is -2.47. The molecule has 0 N–H and O–H groups in total. The molecule has 0 radical (unpaired) electrons. The van der Waals surface area contributed by atoms with Crippen LogP contribution in [0.4, 0.5) is 0 Å². The number of amides is 2. The Hall–Kier alpha value is -1.72. The van der Waals surface area contributed by atoms with E-state index in [9.17, 15) is 9.59 Å². The SMILES string of the molecule is O=C1C[C@H](N2CCOCC2)C(=O)N1CCc1ccccc1. The summed E-state index contributed by atoms with van der Waals surface area (Å²) in [4.78, 5) is 28.1. The van der Waals surface area contributed by atoms with Crippen molar-refractivity contribution in [2.75, 3.05) is 32.8 Å². The second kappa shape index (κ2) is 6.37. The van der Waals surface area contributed by atoms with E-state index in [1.165, 1.54) is 4.90 Å². The number of nitrogens with zero attached hydrogens (tertiary/aromatic N) is 2. The summed E-state index contributed by atoms with van der Waals surface area (Å²) < 4.78 is 5.30. The Morgan fingerprint density at radius 1 is 1.10 bits per heavy atom. The second-order valence-corrected chi connectivity index (χ2v) is 5.49. The minimum absolute atomic E-state index is 0.0437. The summed E-state index contributed by atoms with van der Waals surface area (Å²) in [6.45, 7) is 3.22. The molecule has 0 aliphatic carbocycles. The van der Waals surface area contributed by atoms with Gasteiger partial charge < -0.3 is 4.74 Å². The third kappa shape index (κ3) is 3.14. The van der Waals surface area contributed by atoms with Gasteiger partial charge in [-0.05, 0) is 12.0 Å². The van der Waals surface area contributed by atoms with E-state index in [-0.39, 0.29) is 17.9 Å². The van der Waals surface area contributed by atoms with E-state index in [4.69, 9.17) is 4.74 Å². The molecule has 3 rings (SSSR count). The Kier molecular flexibility index (Phi) is 4.31. The third-order valence-electron chi connectivity index (χ3n) is 4.17. The predicted molar refractivity (Wildman–Crippen MR) is 77.7 cm³/mol. The van der Waals surface area contributed by atoms with Gasteiger partial charge in [-0.25, -0.2) is 0 Å². The van der Waals surface area contributed by atoms with Crippen LogP contribution < -0.4 is 0 Å². The van der Waals surface area contributed by atoms with Crippen molar-refractivity contribution in [1.82, 2.24) is 9.80 Å². The fourth-order valence-electron chi connectivity index (χ4n) is 2.96. The van der Waals surface area contributed by atoms with Crippen LogP contribution in [0.5, 0.6) is 0 Å². The van der Waals surface area contributed by atoms with Gasteiger partial charge in [-0.1, -0.05) is 30.3 Å². The summed E-state index contributed by atoms with van der Waals surface area (Å²) in [7, 11) is 0. The topological polar surface area (TPSA) is 49.9 Å². The van der Waals surface area contributed by atoms with Crippen LogP contribution in [0.15, 0.2) is 30.3 Å². The highest BCUT2D eigenvalue weighted by Gasteiger charge is 2.41. The quantitative estimate of drug-likeness (QED) is 0.765. The number of benzene rings is 1. The molecule has 2 saturated heterocycles. The molecule has 0 aromatic heterocycles. The standard InChI is InChI=1S/C16H20N2O3/c19-15-12-14(17-8-10-21-11-9-17)16(20)18(15)7-6-13-4-2-1-3-5-13/h1-5,14H,6-12H2/t14-/m0/s1. The Bertz CT molecular complexity index is 512. The van der Waals surface area contributed by atoms with Gasteiger partial charge in [0, 0.05) is 19.6 Å². The fourth-order valence-corrected chi connectivity index (χ4v) is 2.96. The number of carbonyl (C=O) groups excluding carboxylic acids is 2. The van der Waals surface area contributed by atoms with Crippen molar-refractivity contribution in [2.24, 2.45) is 0 Å². The zero-order valence-electron chi connectivity index (χ0n) is 12.0. The van der Waals surface area contributed by atoms with E-state index in [2.05, 4.69) is 4.90 Å². The molecular formula is C16H20N2O3. The minimum atomic E-state index is -0.280. The van der Waals surface area contributed by atoms with E-state index in [1.807, 2.05) is 30.3 Å². The van der Waals surface area contributed by atoms with Gasteiger partial charge in [0.05, 0.1) is 25.7 Å². The molecule has 1 aromatic carbocycles. The van der Waals surface area contributed by atoms with Gasteiger partial charge in [0.1, 0.15) is 0 Å². The molecule has 112 valence electrons. The van der Waals surface area contributed by atoms with E-state index < -0.39 is 0 Å². The molecule has 2 heterocycles. The number of hydrogen-bond acceptors (Lipinski definition) is 4. The maximum atomic E-state index is 12.5. The van der Waals surface area contributed by atoms with Crippen LogP contribution in [0.2, 0.25) is 0 Å². The summed E-state index contributed by atoms with van der Waals surface area (Å²) >= 11 is 0. The van der Waals surface area contributed by atoms with Gasteiger partial charge in [0.2, 0.25) is 11.8 Å². The number of carbonyl (C=O) groups is 2. The van der Waals surface area contributed by atoms with Crippen LogP contribution >= 0.6 is 0 Å². The molecule has 0 unspecified atom stereocenters. The van der Waals surface area contributed by atoms with Crippen molar-refractivity contribution >= 4 is 11.8 Å². The Balaban J connectivity index is 1.61. The number of hydrogen-bond donors (Lipinski definition) is 0. The summed E-state index contributed by atoms with van der Waals surface area (Å²) in [5.74, 6) is -0.0924. The molecule has 2 aliphatic rings. The van der Waals surface area contributed by atoms with Crippen LogP contribution in [0.3, 0.4) is 0 Å². The second-order valence-electron chi connectivity index (χ2n) is 5.49. The molecule has 2 fully saturated rings. The Labute approximate surface area is 124 Å². The van der Waals surface area contributed by atoms with Crippen LogP contribution in [0.1, 0.15) is 12.0 Å². The predicted octanol–water partition coefficient (Wildman–Crippen LogP) is 0.689. The van der Waals surface area contributed by atoms with Crippen molar-refractivity contribution in [3.05, 3.63) is 35.9 Å². The normalized spacial score (nSPS) is 23.8. The Morgan fingerprint density at radius 3 is 2.52 bits per heavy atom. The maximum Gasteiger partial charge on any atom is 0.247 e. The van der Waals surface area contributed by atoms with E-state index in [0.717, 1.165) is 18.7 Å². The van der Waals surface area contributed by atoms with Crippen molar-refractivity contribution < 1.29 is 14.3 Å². The highest BCUT2D eigenvalue weighted by molar-refractivity contribution is 6.05. The van der Waals surface area contributed by atoms with E-state index in [1.54, 1.807) is 0 Å². The monoisotopic (exact) mass is 288 g/mol. The number of rotatable bonds is 4. The van der Waals surface area contributed by atoms with E-state index >= 15 is 0 Å². The maximum absolute atomic E-state index is 12.5. The molecule has 2 aliphatic heterocycles. The number of ether oxygens (including phenoxy) is 1. The van der Waals surface area contributed by atoms with Crippen molar-refractivity contribution in [3.8, 4) is 0 Å². The lowest BCUT2D eigenvalue weighted by molar-refractivity contribution is -0.140. The van der Waals surface area contributed by atoms with Crippen LogP contribution in [-0.4, -0.2) is 60.5 Å². The van der Waals surface area contributed by atoms with Gasteiger partial charge in [0.15, 0.2) is 0 Å². The smallest absolute Gasteiger partial charge is 0.247 e. The summed E-state index contributed by atoms with van der Waals surface area (Å²) in [5, 5.41) is 0. The summed E-state index contributed by atoms with van der Waals surface area (Å²) in [6, 6.07) is 9.66. The third-order valence-corrected chi connectivity index (χ3v) is 4.17. The zero-order valence-corrected chi connectivity index (χ0v) is 12.0. The lowest BCUT2D eigenvalue weighted by Gasteiger charge is -2.30. The van der Waals surface area contributed by atoms with Gasteiger partial charge in [-0.15, -0.1) is 0 Å². The highest BCUT2D eigenvalue weighted by atomic mass is 16.5. The first-order valence-corrected chi connectivity index (χ1v) is 7.45. The van der Waals surface area contributed by atoms with Crippen LogP contribution in [0, 0.1) is 0 Å². The lowest BCUT2D eigenvalue weighted by atomic mass is 10.1. The molecule has 0 saturated carbocycles. The van der Waals surface area contributed by atoms with Crippen molar-refractivity contribution in [2.45, 2.75) is 18.9 Å². The molecule has 1 atom stereocenters. The Morgan fingerprint density at radius 2 is 1.81 bits per heavy atom. The molecular weight excluding hydrogens is 268 g/mol. The minimum Gasteiger partial charge on any atom is -0.379 e. The zero-order chi connectivity index (χ0) is 14.7. The van der Waals surface area contributed by atoms with Gasteiger partial charge >= 0.3 is 0 Å². The van der Waals surface area contributed by atoms with E-state index in [0.29, 0.717) is 32.6 Å². The number of morpholine rings is 1. The first-order chi connectivity index (χ1) is 10.3. The molecule has 21 heavy (non-hydrogen) atoms. The van der Waals surface area contributed by atoms with Crippen LogP contribution in [-0.2, 0) is 20.7 Å². The largest absolute Gasteiger partial charge is 0.379 e. The van der Waals surface area contributed by atoms with Gasteiger partial charge in [-0.2, -0.15) is 0 Å². The first-order valence-electron chi connectivity index (χ1n) is 7.45. The number of likely N-dealkylation sites (tertiary alicyclic amines) is 1. The molecule has 0 spiro atoms. The molecule has 5 nitrogen and oxygen atoms in total. The highest BCUT2D eigenvalue weighted by Crippen LogP contribution is 2.20. The molecule has 2 amide bonds. The molecule has 1 aromatic rings. The average Bonchev–Trinajstić information content (AvgIpc) is 2.82.